The summed E-state index contributed by atoms with van der Waals surface area (Å²) < 4.78 is 24.8. The topological polar surface area (TPSA) is 66.8 Å². The van der Waals surface area contributed by atoms with Crippen LogP contribution in [0.1, 0.15) is 0 Å². The van der Waals surface area contributed by atoms with E-state index in [1.54, 1.807) is 6.07 Å². The molecule has 0 aliphatic rings. The SMILES string of the molecule is CN(O[SH](=O)=O)c1cccc(Cl)c1O. The van der Waals surface area contributed by atoms with Crippen LogP contribution < -0.4 is 5.06 Å². The molecule has 0 spiro atoms. The number of phenols is 1. The summed E-state index contributed by atoms with van der Waals surface area (Å²) in [6.45, 7) is 0. The van der Waals surface area contributed by atoms with E-state index in [9.17, 15) is 13.5 Å². The van der Waals surface area contributed by atoms with Crippen LogP contribution in [0.15, 0.2) is 18.2 Å². The normalized spacial score (nSPS) is 10.5. The number of halogens is 1. The van der Waals surface area contributed by atoms with Crippen molar-refractivity contribution >= 4 is 28.3 Å². The smallest absolute Gasteiger partial charge is 0.277 e. The van der Waals surface area contributed by atoms with Gasteiger partial charge in [-0.3, -0.25) is 0 Å². The van der Waals surface area contributed by atoms with Crippen molar-refractivity contribution in [1.82, 2.24) is 0 Å². The van der Waals surface area contributed by atoms with Gasteiger partial charge >= 0.3 is 0 Å². The molecule has 1 N–H and O–H groups in total. The molecule has 0 amide bonds. The molecule has 0 saturated heterocycles. The number of thiol groups is 1. The molecule has 78 valence electrons. The summed E-state index contributed by atoms with van der Waals surface area (Å²) in [7, 11) is -1.67. The first-order valence-corrected chi connectivity index (χ1v) is 5.03. The van der Waals surface area contributed by atoms with Gasteiger partial charge in [0.1, 0.15) is 5.69 Å². The fourth-order valence-corrected chi connectivity index (χ4v) is 1.36. The number of hydrogen-bond acceptors (Lipinski definition) is 5. The van der Waals surface area contributed by atoms with E-state index in [-0.39, 0.29) is 16.5 Å². The molecule has 0 aromatic heterocycles. The third-order valence-corrected chi connectivity index (χ3v) is 2.18. The van der Waals surface area contributed by atoms with E-state index in [2.05, 4.69) is 4.28 Å². The molecule has 0 aliphatic heterocycles. The van der Waals surface area contributed by atoms with E-state index in [0.29, 0.717) is 0 Å². The van der Waals surface area contributed by atoms with Gasteiger partial charge in [-0.2, -0.15) is 4.28 Å². The van der Waals surface area contributed by atoms with Crippen LogP contribution >= 0.6 is 11.6 Å². The van der Waals surface area contributed by atoms with E-state index < -0.39 is 11.0 Å². The summed E-state index contributed by atoms with van der Waals surface area (Å²) in [5, 5.41) is 10.5. The molecule has 5 nitrogen and oxygen atoms in total. The molecule has 1 aromatic rings. The van der Waals surface area contributed by atoms with Crippen LogP contribution in [-0.2, 0) is 15.3 Å². The predicted octanol–water partition coefficient (Wildman–Crippen LogP) is 0.940. The lowest BCUT2D eigenvalue weighted by molar-refractivity contribution is 0.315. The van der Waals surface area contributed by atoms with E-state index in [1.165, 1.54) is 19.2 Å². The minimum Gasteiger partial charge on any atom is -0.504 e. The Morgan fingerprint density at radius 1 is 1.50 bits per heavy atom. The van der Waals surface area contributed by atoms with Gasteiger partial charge in [-0.05, 0) is 12.1 Å². The first-order chi connectivity index (χ1) is 6.52. The van der Waals surface area contributed by atoms with Gasteiger partial charge in [0.15, 0.2) is 5.75 Å². The zero-order chi connectivity index (χ0) is 10.7. The fourth-order valence-electron chi connectivity index (χ4n) is 0.902. The van der Waals surface area contributed by atoms with Crippen molar-refractivity contribution in [3.05, 3.63) is 23.2 Å². The summed E-state index contributed by atoms with van der Waals surface area (Å²) in [5.74, 6) is -0.228. The molecule has 0 unspecified atom stereocenters. The number of nitrogens with zero attached hydrogens (tertiary/aromatic N) is 1. The molecule has 1 rings (SSSR count). The standard InChI is InChI=1S/C7H8ClNO4S/c1-9(13-14(11)12)6-4-2-3-5(8)7(6)10/h2-4,10,14H,1H3. The van der Waals surface area contributed by atoms with Crippen LogP contribution in [0.3, 0.4) is 0 Å². The second-order valence-corrected chi connectivity index (χ2v) is 3.43. The summed E-state index contributed by atoms with van der Waals surface area (Å²) in [5.41, 5.74) is 0.178. The van der Waals surface area contributed by atoms with Gasteiger partial charge in [-0.25, -0.2) is 13.5 Å². The average molecular weight is 238 g/mol. The van der Waals surface area contributed by atoms with Crippen LogP contribution in [0.25, 0.3) is 0 Å². The largest absolute Gasteiger partial charge is 0.504 e. The van der Waals surface area contributed by atoms with Gasteiger partial charge in [0.2, 0.25) is 0 Å². The Morgan fingerprint density at radius 3 is 2.71 bits per heavy atom. The second-order valence-electron chi connectivity index (χ2n) is 2.41. The van der Waals surface area contributed by atoms with Crippen LogP contribution in [0.2, 0.25) is 5.02 Å². The molecular formula is C7H8ClNO4S. The molecule has 0 atom stereocenters. The summed E-state index contributed by atoms with van der Waals surface area (Å²) in [4.78, 5) is 0. The van der Waals surface area contributed by atoms with Gasteiger partial charge in [-0.15, -0.1) is 0 Å². The first kappa shape index (κ1) is 11.1. The molecule has 0 saturated carbocycles. The number of hydrogen-bond donors (Lipinski definition) is 2. The van der Waals surface area contributed by atoms with Gasteiger partial charge < -0.3 is 5.11 Å². The summed E-state index contributed by atoms with van der Waals surface area (Å²) in [6, 6.07) is 4.51. The van der Waals surface area contributed by atoms with Crippen LogP contribution in [0.5, 0.6) is 5.75 Å². The van der Waals surface area contributed by atoms with E-state index >= 15 is 0 Å². The molecule has 1 aromatic carbocycles. The third-order valence-electron chi connectivity index (χ3n) is 1.49. The lowest BCUT2D eigenvalue weighted by Gasteiger charge is -2.15. The number of rotatable bonds is 3. The lowest BCUT2D eigenvalue weighted by Crippen LogP contribution is -2.16. The molecule has 0 aliphatic carbocycles. The van der Waals surface area contributed by atoms with Crippen molar-refractivity contribution in [2.24, 2.45) is 0 Å². The minimum absolute atomic E-state index is 0.124. The highest BCUT2D eigenvalue weighted by Gasteiger charge is 2.10. The molecule has 0 heterocycles. The predicted molar refractivity (Wildman–Crippen MR) is 52.9 cm³/mol. The Balaban J connectivity index is 3.00. The van der Waals surface area contributed by atoms with E-state index in [4.69, 9.17) is 11.6 Å². The summed E-state index contributed by atoms with van der Waals surface area (Å²) >= 11 is 5.61. The molecule has 0 bridgehead atoms. The minimum atomic E-state index is -3.01. The number of para-hydroxylation sites is 1. The Morgan fingerprint density at radius 2 is 2.14 bits per heavy atom. The Labute approximate surface area is 87.6 Å². The van der Waals surface area contributed by atoms with Crippen LogP contribution in [-0.4, -0.2) is 20.6 Å². The second kappa shape index (κ2) is 4.50. The first-order valence-electron chi connectivity index (χ1n) is 3.56. The Bertz CT molecular complexity index is 399. The zero-order valence-electron chi connectivity index (χ0n) is 7.18. The fraction of sp³-hybridized carbons (Fsp3) is 0.143. The molecule has 0 radical (unpaired) electrons. The maximum Gasteiger partial charge on any atom is 0.277 e. The zero-order valence-corrected chi connectivity index (χ0v) is 8.83. The Hall–Kier alpha value is -0.980. The third kappa shape index (κ3) is 2.50. The van der Waals surface area contributed by atoms with Gasteiger partial charge in [-0.1, -0.05) is 17.7 Å². The van der Waals surface area contributed by atoms with Crippen molar-refractivity contribution < 1.29 is 17.8 Å². The molecule has 14 heavy (non-hydrogen) atoms. The number of phenolic OH excluding ortho intramolecular Hbond substituents is 1. The molecular weight excluding hydrogens is 230 g/mol. The number of benzene rings is 1. The van der Waals surface area contributed by atoms with Crippen molar-refractivity contribution in [3.8, 4) is 5.75 Å². The maximum absolute atomic E-state index is 10.2. The van der Waals surface area contributed by atoms with Gasteiger partial charge in [0, 0.05) is 7.05 Å². The van der Waals surface area contributed by atoms with Gasteiger partial charge in [0.25, 0.3) is 11.0 Å². The van der Waals surface area contributed by atoms with Crippen molar-refractivity contribution in [3.63, 3.8) is 0 Å². The Kier molecular flexibility index (Phi) is 3.56. The molecule has 0 fully saturated rings. The highest BCUT2D eigenvalue weighted by atomic mass is 35.5. The van der Waals surface area contributed by atoms with Crippen LogP contribution in [0, 0.1) is 0 Å². The van der Waals surface area contributed by atoms with Crippen LogP contribution in [0.4, 0.5) is 5.69 Å². The number of hydroxylamine groups is 1. The highest BCUT2D eigenvalue weighted by molar-refractivity contribution is 7.67. The lowest BCUT2D eigenvalue weighted by atomic mass is 10.3. The van der Waals surface area contributed by atoms with Gasteiger partial charge in [0.05, 0.1) is 5.02 Å². The summed E-state index contributed by atoms with van der Waals surface area (Å²) in [6.07, 6.45) is 0. The average Bonchev–Trinajstić information content (AvgIpc) is 2.08. The number of anilines is 1. The molecule has 7 heteroatoms. The van der Waals surface area contributed by atoms with E-state index in [1.807, 2.05) is 0 Å². The quantitative estimate of drug-likeness (QED) is 0.605. The van der Waals surface area contributed by atoms with Crippen molar-refractivity contribution in [1.29, 1.82) is 0 Å². The van der Waals surface area contributed by atoms with E-state index in [0.717, 1.165) is 5.06 Å². The van der Waals surface area contributed by atoms with Crippen molar-refractivity contribution in [2.45, 2.75) is 0 Å². The monoisotopic (exact) mass is 237 g/mol. The maximum atomic E-state index is 10.2. The number of aromatic hydroxyl groups is 1. The van der Waals surface area contributed by atoms with Crippen molar-refractivity contribution in [2.75, 3.05) is 12.1 Å². The highest BCUT2D eigenvalue weighted by Crippen LogP contribution is 2.33.